The van der Waals surface area contributed by atoms with Crippen molar-refractivity contribution in [1.82, 2.24) is 44.5 Å². The van der Waals surface area contributed by atoms with E-state index < -0.39 is 35.5 Å². The van der Waals surface area contributed by atoms with Crippen molar-refractivity contribution in [1.29, 1.82) is 0 Å². The number of carbonyl (C=O) groups is 2. The zero-order chi connectivity index (χ0) is 38.1. The molecule has 7 heterocycles. The molecule has 0 aliphatic carbocycles. The molecular weight excluding hydrogens is 715 g/mol. The van der Waals surface area contributed by atoms with E-state index in [4.69, 9.17) is 19.7 Å². The number of anilines is 2. The normalized spacial score (nSPS) is 21.6. The van der Waals surface area contributed by atoms with Crippen LogP contribution in [-0.4, -0.2) is 103 Å². The molecule has 0 saturated carbocycles. The number of benzene rings is 2. The van der Waals surface area contributed by atoms with Gasteiger partial charge < -0.3 is 29.7 Å². The third-order valence-corrected chi connectivity index (χ3v) is 10.7. The van der Waals surface area contributed by atoms with Crippen LogP contribution in [0.5, 0.6) is 0 Å². The Morgan fingerprint density at radius 2 is 1.80 bits per heavy atom. The lowest BCUT2D eigenvalue weighted by molar-refractivity contribution is -0.132. The monoisotopic (exact) mass is 751 g/mol. The quantitative estimate of drug-likeness (QED) is 0.270. The van der Waals surface area contributed by atoms with Gasteiger partial charge in [0.25, 0.3) is 0 Å². The van der Waals surface area contributed by atoms with Crippen LogP contribution in [0.1, 0.15) is 30.4 Å². The molecule has 2 fully saturated rings. The molecule has 2 amide bonds. The molecule has 14 nitrogen and oxygen atoms in total. The summed E-state index contributed by atoms with van der Waals surface area (Å²) in [7, 11) is 3.31. The predicted octanol–water partition coefficient (Wildman–Crippen LogP) is 4.10. The predicted molar refractivity (Wildman–Crippen MR) is 196 cm³/mol. The first kappa shape index (κ1) is 34.7. The number of halogens is 3. The van der Waals surface area contributed by atoms with Gasteiger partial charge in [0.2, 0.25) is 11.8 Å². The Labute approximate surface area is 312 Å². The van der Waals surface area contributed by atoms with Gasteiger partial charge in [-0.25, -0.2) is 37.8 Å². The van der Waals surface area contributed by atoms with Gasteiger partial charge in [-0.2, -0.15) is 5.10 Å². The number of aryl methyl sites for hydroxylation is 1. The first-order valence-corrected chi connectivity index (χ1v) is 18.0. The van der Waals surface area contributed by atoms with Crippen LogP contribution in [0, 0.1) is 24.4 Å². The summed E-state index contributed by atoms with van der Waals surface area (Å²) < 4.78 is 53.4. The molecule has 2 aromatic carbocycles. The van der Waals surface area contributed by atoms with Gasteiger partial charge >= 0.3 is 0 Å². The maximum atomic E-state index is 15.2. The lowest BCUT2D eigenvalue weighted by Crippen LogP contribution is -2.47. The highest BCUT2D eigenvalue weighted by molar-refractivity contribution is 5.94. The number of imidazole rings is 1. The Morgan fingerprint density at radius 3 is 2.58 bits per heavy atom. The number of nitrogens with zero attached hydrogens (tertiary/aromatic N) is 9. The first-order chi connectivity index (χ1) is 26.5. The number of amides is 2. The van der Waals surface area contributed by atoms with Crippen LogP contribution < -0.4 is 15.5 Å². The van der Waals surface area contributed by atoms with Crippen molar-refractivity contribution >= 4 is 45.5 Å². The molecule has 2 saturated heterocycles. The van der Waals surface area contributed by atoms with Crippen LogP contribution in [0.4, 0.5) is 24.8 Å². The molecule has 282 valence electrons. The highest BCUT2D eigenvalue weighted by atomic mass is 19.1. The van der Waals surface area contributed by atoms with E-state index in [0.717, 1.165) is 12.1 Å². The minimum Gasteiger partial charge on any atom is -0.378 e. The summed E-state index contributed by atoms with van der Waals surface area (Å²) in [6.07, 6.45) is 1.54. The molecule has 1 unspecified atom stereocenters. The van der Waals surface area contributed by atoms with Gasteiger partial charge in [-0.15, -0.1) is 0 Å². The van der Waals surface area contributed by atoms with E-state index in [9.17, 15) is 14.0 Å². The molecule has 3 aliphatic heterocycles. The molecule has 3 aliphatic rings. The Kier molecular flexibility index (Phi) is 8.40. The third-order valence-electron chi connectivity index (χ3n) is 10.7. The second-order valence-corrected chi connectivity index (χ2v) is 14.3. The summed E-state index contributed by atoms with van der Waals surface area (Å²) >= 11 is 0. The van der Waals surface area contributed by atoms with Crippen molar-refractivity contribution in [2.75, 3.05) is 44.0 Å². The van der Waals surface area contributed by atoms with Gasteiger partial charge in [0.1, 0.15) is 46.6 Å². The molecule has 4 atom stereocenters. The van der Waals surface area contributed by atoms with Crippen LogP contribution in [0.15, 0.2) is 54.7 Å². The summed E-state index contributed by atoms with van der Waals surface area (Å²) in [5, 5.41) is 11.2. The lowest BCUT2D eigenvalue weighted by atomic mass is 10.1. The van der Waals surface area contributed by atoms with Gasteiger partial charge in [-0.3, -0.25) is 9.59 Å². The summed E-state index contributed by atoms with van der Waals surface area (Å²) in [4.78, 5) is 49.9. The van der Waals surface area contributed by atoms with Gasteiger partial charge in [0.15, 0.2) is 11.5 Å². The average Bonchev–Trinajstić information content (AvgIpc) is 3.96. The molecule has 2 N–H and O–H groups in total. The largest absolute Gasteiger partial charge is 0.378 e. The van der Waals surface area contributed by atoms with Gasteiger partial charge in [0, 0.05) is 69.9 Å². The fourth-order valence-corrected chi connectivity index (χ4v) is 8.04. The second kappa shape index (κ2) is 13.3. The summed E-state index contributed by atoms with van der Waals surface area (Å²) in [6.45, 7) is 2.99. The van der Waals surface area contributed by atoms with Crippen LogP contribution >= 0.6 is 0 Å². The highest BCUT2D eigenvalue weighted by Gasteiger charge is 2.41. The Balaban J connectivity index is 1.18. The first-order valence-electron chi connectivity index (χ1n) is 18.0. The van der Waals surface area contributed by atoms with Gasteiger partial charge in [-0.05, 0) is 43.7 Å². The van der Waals surface area contributed by atoms with Crippen molar-refractivity contribution in [2.24, 2.45) is 0 Å². The number of hydrogen-bond acceptors (Lipinski definition) is 10. The number of fused-ring (bicyclic) bond motifs is 6. The fourth-order valence-electron chi connectivity index (χ4n) is 8.04. The summed E-state index contributed by atoms with van der Waals surface area (Å²) in [5.74, 6) is -0.858. The van der Waals surface area contributed by atoms with Crippen LogP contribution in [0.25, 0.3) is 39.0 Å². The lowest BCUT2D eigenvalue weighted by Gasteiger charge is -2.31. The number of likely N-dealkylation sites (N-methyl/N-ethyl adjacent to an activating group) is 1. The number of ether oxygens (including phenoxy) is 1. The number of aromatic nitrogens is 7. The number of nitrogens with one attached hydrogen (secondary N) is 2. The smallest absolute Gasteiger partial charge is 0.245 e. The van der Waals surface area contributed by atoms with Crippen LogP contribution in [0.3, 0.4) is 0 Å². The summed E-state index contributed by atoms with van der Waals surface area (Å²) in [6, 6.07) is 10.5. The van der Waals surface area contributed by atoms with Gasteiger partial charge in [-0.1, -0.05) is 6.07 Å². The van der Waals surface area contributed by atoms with E-state index in [-0.39, 0.29) is 42.2 Å². The molecule has 4 aromatic heterocycles. The van der Waals surface area contributed by atoms with E-state index in [1.165, 1.54) is 29.1 Å². The summed E-state index contributed by atoms with van der Waals surface area (Å²) in [5.41, 5.74) is 2.54. The van der Waals surface area contributed by atoms with Crippen LogP contribution in [0.2, 0.25) is 0 Å². The topological polar surface area (TPSA) is 148 Å². The van der Waals surface area contributed by atoms with E-state index in [1.807, 2.05) is 34.6 Å². The Hall–Kier alpha value is -6.10. The molecule has 0 spiro atoms. The number of pyridine rings is 1. The minimum atomic E-state index is -0.836. The molecule has 0 radical (unpaired) electrons. The maximum absolute atomic E-state index is 15.2. The number of methoxy groups -OCH3 is 1. The van der Waals surface area contributed by atoms with Crippen molar-refractivity contribution in [2.45, 2.75) is 50.4 Å². The standard InChI is InChI=1S/C38H36F3N11O3/c1-19-44-29-12-22(40)10-25-28-5-4-6-32(46-28)45-23-13-31(38(54)49(2)17-24(55-3)18-50(19)34(25)29)51(16-23)36-26-15-43-52(30-8-7-21(39)11-27(30)41)37(26)48-35(47-36)20-9-33(53)42-14-20/h4-8,10-12,15,20,23-24,31H,9,13-14,16-18H2,1-3H3,(H,42,53)(H,45,46)/t20?,23-,24-,31-/m0/s1. The molecular formula is C38H36F3N11O3. The zero-order valence-electron chi connectivity index (χ0n) is 30.1. The Morgan fingerprint density at radius 1 is 0.945 bits per heavy atom. The minimum absolute atomic E-state index is 0.0224. The molecule has 17 heteroatoms. The highest BCUT2D eigenvalue weighted by Crippen LogP contribution is 2.36. The Bertz CT molecular complexity index is 2520. The number of rotatable bonds is 4. The second-order valence-electron chi connectivity index (χ2n) is 14.3. The average molecular weight is 752 g/mol. The number of carbonyl (C=O) groups excluding carboxylic acids is 2. The van der Waals surface area contributed by atoms with Gasteiger partial charge in [0.05, 0.1) is 41.0 Å². The molecule has 55 heavy (non-hydrogen) atoms. The van der Waals surface area contributed by atoms with E-state index in [1.54, 1.807) is 19.1 Å². The third kappa shape index (κ3) is 6.07. The number of hydrogen-bond donors (Lipinski definition) is 2. The van der Waals surface area contributed by atoms with Crippen molar-refractivity contribution in [3.05, 3.63) is 83.8 Å². The van der Waals surface area contributed by atoms with Crippen molar-refractivity contribution < 1.29 is 27.5 Å². The molecule has 9 rings (SSSR count). The fraction of sp³-hybridized carbons (Fsp3) is 0.342. The molecule has 6 aromatic rings. The van der Waals surface area contributed by atoms with Crippen molar-refractivity contribution in [3.8, 4) is 16.9 Å². The van der Waals surface area contributed by atoms with Crippen LogP contribution in [-0.2, 0) is 20.9 Å². The van der Waals surface area contributed by atoms with E-state index >= 15 is 8.78 Å². The zero-order valence-corrected chi connectivity index (χ0v) is 30.1. The SMILES string of the molecule is CO[C@H]1CN(C)C(=O)[C@@H]2C[C@@H](CN2c2nc(C3CNC(=O)C3)nc3c2cnn3-c2ccc(F)cc2F)Nc2cccc(n2)-c2cc(F)cc3nc(C)n(c23)C1. The maximum Gasteiger partial charge on any atom is 0.245 e. The van der Waals surface area contributed by atoms with Crippen molar-refractivity contribution in [3.63, 3.8) is 0 Å². The molecule has 4 bridgehead atoms. The van der Waals surface area contributed by atoms with E-state index in [0.29, 0.717) is 77.0 Å². The van der Waals surface area contributed by atoms with E-state index in [2.05, 4.69) is 20.7 Å².